The summed E-state index contributed by atoms with van der Waals surface area (Å²) in [5.74, 6) is -1.36. The third kappa shape index (κ3) is 3.17. The summed E-state index contributed by atoms with van der Waals surface area (Å²) in [7, 11) is -3.56. The molecule has 0 amide bonds. The van der Waals surface area contributed by atoms with Crippen molar-refractivity contribution in [3.8, 4) is 0 Å². The predicted octanol–water partition coefficient (Wildman–Crippen LogP) is 1.75. The van der Waals surface area contributed by atoms with Crippen molar-refractivity contribution < 1.29 is 18.3 Å². The molecule has 0 aliphatic rings. The van der Waals surface area contributed by atoms with Crippen LogP contribution in [0.15, 0.2) is 53.7 Å². The number of sulfone groups is 1. The molecule has 0 fully saturated rings. The van der Waals surface area contributed by atoms with Gasteiger partial charge in [-0.3, -0.25) is 0 Å². The van der Waals surface area contributed by atoms with Crippen LogP contribution >= 0.6 is 0 Å². The van der Waals surface area contributed by atoms with Crippen LogP contribution in [0.3, 0.4) is 0 Å². The van der Waals surface area contributed by atoms with Crippen LogP contribution in [0.1, 0.15) is 15.9 Å². The number of nitrogens with zero attached hydrogens (tertiary/aromatic N) is 1. The van der Waals surface area contributed by atoms with Crippen LogP contribution in [-0.4, -0.2) is 24.5 Å². The molecule has 5 nitrogen and oxygen atoms in total. The fourth-order valence-electron chi connectivity index (χ4n) is 1.62. The standard InChI is InChI=1S/C13H11NO4S/c15-13(16)11-5-3-4-10(8-11)9-19(17,18)12-6-1-2-7-14-12/h1-8H,9H2,(H,15,16). The SMILES string of the molecule is O=C(O)c1cccc(CS(=O)(=O)c2ccccn2)c1. The highest BCUT2D eigenvalue weighted by atomic mass is 32.2. The topological polar surface area (TPSA) is 84.3 Å². The molecule has 0 unspecified atom stereocenters. The summed E-state index contributed by atoms with van der Waals surface area (Å²) in [4.78, 5) is 14.6. The molecule has 2 rings (SSSR count). The van der Waals surface area contributed by atoms with Gasteiger partial charge in [-0.1, -0.05) is 18.2 Å². The summed E-state index contributed by atoms with van der Waals surface area (Å²) in [5.41, 5.74) is 0.485. The Morgan fingerprint density at radius 2 is 1.95 bits per heavy atom. The number of carbonyl (C=O) groups is 1. The van der Waals surface area contributed by atoms with Gasteiger partial charge in [0.2, 0.25) is 0 Å². The van der Waals surface area contributed by atoms with Crippen LogP contribution in [0.25, 0.3) is 0 Å². The average Bonchev–Trinajstić information content (AvgIpc) is 2.39. The minimum absolute atomic E-state index is 0.0178. The van der Waals surface area contributed by atoms with E-state index in [0.717, 1.165) is 0 Å². The molecule has 6 heteroatoms. The van der Waals surface area contributed by atoms with Gasteiger partial charge in [-0.15, -0.1) is 0 Å². The van der Waals surface area contributed by atoms with Crippen LogP contribution in [-0.2, 0) is 15.6 Å². The zero-order chi connectivity index (χ0) is 13.9. The Morgan fingerprint density at radius 1 is 1.16 bits per heavy atom. The maximum absolute atomic E-state index is 12.1. The fourth-order valence-corrected chi connectivity index (χ4v) is 2.89. The van der Waals surface area contributed by atoms with Crippen molar-refractivity contribution in [2.24, 2.45) is 0 Å². The van der Waals surface area contributed by atoms with Gasteiger partial charge in [-0.2, -0.15) is 0 Å². The zero-order valence-corrected chi connectivity index (χ0v) is 10.7. The Balaban J connectivity index is 2.31. The van der Waals surface area contributed by atoms with Crippen LogP contribution < -0.4 is 0 Å². The normalized spacial score (nSPS) is 11.2. The number of benzene rings is 1. The van der Waals surface area contributed by atoms with E-state index in [4.69, 9.17) is 5.11 Å². The fraction of sp³-hybridized carbons (Fsp3) is 0.0769. The van der Waals surface area contributed by atoms with E-state index in [1.54, 1.807) is 18.2 Å². The molecule has 0 saturated carbocycles. The first-order valence-corrected chi connectivity index (χ1v) is 7.10. The van der Waals surface area contributed by atoms with Gasteiger partial charge in [0.05, 0.1) is 11.3 Å². The maximum atomic E-state index is 12.1. The van der Waals surface area contributed by atoms with E-state index in [1.165, 1.54) is 30.5 Å². The first-order chi connectivity index (χ1) is 8.99. The molecule has 0 radical (unpaired) electrons. The third-order valence-corrected chi connectivity index (χ3v) is 4.08. The predicted molar refractivity (Wildman–Crippen MR) is 68.5 cm³/mol. The smallest absolute Gasteiger partial charge is 0.335 e. The molecule has 2 aromatic rings. The Hall–Kier alpha value is -2.21. The number of hydrogen-bond acceptors (Lipinski definition) is 4. The first-order valence-electron chi connectivity index (χ1n) is 5.45. The molecule has 0 aliphatic carbocycles. The lowest BCUT2D eigenvalue weighted by molar-refractivity contribution is 0.0696. The number of rotatable bonds is 4. The van der Waals surface area contributed by atoms with Gasteiger partial charge in [-0.25, -0.2) is 18.2 Å². The largest absolute Gasteiger partial charge is 0.478 e. The van der Waals surface area contributed by atoms with Crippen molar-refractivity contribution in [2.45, 2.75) is 10.8 Å². The van der Waals surface area contributed by atoms with Gasteiger partial charge in [0.15, 0.2) is 14.9 Å². The van der Waals surface area contributed by atoms with E-state index >= 15 is 0 Å². The van der Waals surface area contributed by atoms with E-state index in [9.17, 15) is 13.2 Å². The Labute approximate surface area is 110 Å². The van der Waals surface area contributed by atoms with Crippen molar-refractivity contribution in [1.82, 2.24) is 4.98 Å². The minimum atomic E-state index is -3.56. The second-order valence-electron chi connectivity index (χ2n) is 3.93. The summed E-state index contributed by atoms with van der Waals surface area (Å²) in [5, 5.41) is 8.84. The summed E-state index contributed by atoms with van der Waals surface area (Å²) in [6, 6.07) is 10.5. The number of hydrogen-bond donors (Lipinski definition) is 1. The van der Waals surface area contributed by atoms with Gasteiger partial charge >= 0.3 is 5.97 Å². The second kappa shape index (κ2) is 5.19. The number of pyridine rings is 1. The molecule has 1 aromatic carbocycles. The summed E-state index contributed by atoms with van der Waals surface area (Å²) < 4.78 is 24.1. The highest BCUT2D eigenvalue weighted by molar-refractivity contribution is 7.90. The first kappa shape index (κ1) is 13.2. The van der Waals surface area contributed by atoms with Gasteiger partial charge in [0, 0.05) is 6.20 Å². The van der Waals surface area contributed by atoms with E-state index < -0.39 is 15.8 Å². The molecule has 0 bridgehead atoms. The average molecular weight is 277 g/mol. The molecule has 98 valence electrons. The molecule has 0 spiro atoms. The molecule has 1 aromatic heterocycles. The Morgan fingerprint density at radius 3 is 2.58 bits per heavy atom. The van der Waals surface area contributed by atoms with Gasteiger partial charge in [-0.05, 0) is 29.8 Å². The van der Waals surface area contributed by atoms with Gasteiger partial charge < -0.3 is 5.11 Å². The number of carboxylic acid groups (broad SMARTS) is 1. The van der Waals surface area contributed by atoms with E-state index in [2.05, 4.69) is 4.98 Å². The van der Waals surface area contributed by atoms with Gasteiger partial charge in [0.25, 0.3) is 0 Å². The van der Waals surface area contributed by atoms with Crippen molar-refractivity contribution in [3.05, 3.63) is 59.8 Å². The summed E-state index contributed by atoms with van der Waals surface area (Å²) in [6.07, 6.45) is 1.40. The Kier molecular flexibility index (Phi) is 3.62. The molecule has 19 heavy (non-hydrogen) atoms. The lowest BCUT2D eigenvalue weighted by atomic mass is 10.1. The molecule has 0 aliphatic heterocycles. The molecular weight excluding hydrogens is 266 g/mol. The Bertz CT molecular complexity index is 696. The van der Waals surface area contributed by atoms with Crippen molar-refractivity contribution in [3.63, 3.8) is 0 Å². The minimum Gasteiger partial charge on any atom is -0.478 e. The second-order valence-corrected chi connectivity index (χ2v) is 5.87. The van der Waals surface area contributed by atoms with Crippen LogP contribution in [0.2, 0.25) is 0 Å². The van der Waals surface area contributed by atoms with Crippen molar-refractivity contribution >= 4 is 15.8 Å². The van der Waals surface area contributed by atoms with E-state index in [0.29, 0.717) is 5.56 Å². The summed E-state index contributed by atoms with van der Waals surface area (Å²) in [6.45, 7) is 0. The quantitative estimate of drug-likeness (QED) is 0.920. The van der Waals surface area contributed by atoms with Crippen molar-refractivity contribution in [1.29, 1.82) is 0 Å². The van der Waals surface area contributed by atoms with Crippen molar-refractivity contribution in [2.75, 3.05) is 0 Å². The number of aromatic nitrogens is 1. The third-order valence-electron chi connectivity index (χ3n) is 2.49. The zero-order valence-electron chi connectivity index (χ0n) is 9.85. The van der Waals surface area contributed by atoms with Gasteiger partial charge in [0.1, 0.15) is 0 Å². The molecule has 1 heterocycles. The molecule has 1 N–H and O–H groups in total. The molecule has 0 atom stereocenters. The molecular formula is C13H11NO4S. The lowest BCUT2D eigenvalue weighted by Gasteiger charge is -2.04. The highest BCUT2D eigenvalue weighted by Crippen LogP contribution is 2.15. The monoisotopic (exact) mass is 277 g/mol. The number of carboxylic acids is 1. The highest BCUT2D eigenvalue weighted by Gasteiger charge is 2.17. The van der Waals surface area contributed by atoms with E-state index in [-0.39, 0.29) is 16.3 Å². The molecule has 0 saturated heterocycles. The van der Waals surface area contributed by atoms with Crippen LogP contribution in [0, 0.1) is 0 Å². The summed E-state index contributed by atoms with van der Waals surface area (Å²) >= 11 is 0. The maximum Gasteiger partial charge on any atom is 0.335 e. The lowest BCUT2D eigenvalue weighted by Crippen LogP contribution is -2.07. The van der Waals surface area contributed by atoms with Crippen LogP contribution in [0.4, 0.5) is 0 Å². The van der Waals surface area contributed by atoms with Crippen LogP contribution in [0.5, 0.6) is 0 Å². The number of aromatic carboxylic acids is 1. The van der Waals surface area contributed by atoms with E-state index in [1.807, 2.05) is 0 Å².